The molecule has 1 fully saturated rings. The molecule has 136 valence electrons. The Morgan fingerprint density at radius 3 is 2.81 bits per heavy atom. The molecule has 5 heteroatoms. The second-order valence-corrected chi connectivity index (χ2v) is 7.49. The molecule has 0 spiro atoms. The first kappa shape index (κ1) is 17.2. The Balaban J connectivity index is 1.50. The Morgan fingerprint density at radius 2 is 2.00 bits per heavy atom. The molecule has 0 aliphatic carbocycles. The van der Waals surface area contributed by atoms with Gasteiger partial charge < -0.3 is 5.11 Å². The maximum Gasteiger partial charge on any atom is 0.159 e. The number of aliphatic hydroxyl groups is 1. The number of aliphatic hydroxyl groups excluding tert-OH is 1. The quantitative estimate of drug-likeness (QED) is 0.786. The molecule has 1 aromatic carbocycles. The third-order valence-electron chi connectivity index (χ3n) is 5.36. The Bertz CT molecular complexity index is 890. The monoisotopic (exact) mass is 350 g/mol. The lowest BCUT2D eigenvalue weighted by Crippen LogP contribution is -2.43. The molecule has 2 aromatic heterocycles. The number of fused-ring (bicyclic) bond motifs is 1. The van der Waals surface area contributed by atoms with Crippen molar-refractivity contribution in [2.75, 3.05) is 13.1 Å². The Kier molecular flexibility index (Phi) is 4.74. The van der Waals surface area contributed by atoms with Crippen LogP contribution < -0.4 is 0 Å². The summed E-state index contributed by atoms with van der Waals surface area (Å²) in [6, 6.07) is 12.5. The lowest BCUT2D eigenvalue weighted by atomic mass is 9.88. The predicted molar refractivity (Wildman–Crippen MR) is 102 cm³/mol. The van der Waals surface area contributed by atoms with Crippen molar-refractivity contribution in [1.82, 2.24) is 19.5 Å². The summed E-state index contributed by atoms with van der Waals surface area (Å²) < 4.78 is 1.92. The third kappa shape index (κ3) is 3.50. The molecular formula is C21H26N4O. The lowest BCUT2D eigenvalue weighted by molar-refractivity contribution is 0.0240. The van der Waals surface area contributed by atoms with Crippen LogP contribution in [-0.2, 0) is 13.0 Å². The van der Waals surface area contributed by atoms with Crippen molar-refractivity contribution < 1.29 is 5.11 Å². The van der Waals surface area contributed by atoms with Crippen molar-refractivity contribution in [1.29, 1.82) is 0 Å². The van der Waals surface area contributed by atoms with Gasteiger partial charge in [0.2, 0.25) is 0 Å². The molecule has 3 heterocycles. The maximum absolute atomic E-state index is 10.5. The lowest BCUT2D eigenvalue weighted by Gasteiger charge is -2.36. The van der Waals surface area contributed by atoms with Crippen LogP contribution in [0.3, 0.4) is 0 Å². The number of hydrogen-bond acceptors (Lipinski definition) is 4. The summed E-state index contributed by atoms with van der Waals surface area (Å²) in [5, 5.41) is 15.0. The molecule has 26 heavy (non-hydrogen) atoms. The van der Waals surface area contributed by atoms with E-state index in [0.717, 1.165) is 55.1 Å². The largest absolute Gasteiger partial charge is 0.393 e. The minimum atomic E-state index is -0.224. The number of piperidine rings is 1. The van der Waals surface area contributed by atoms with Crippen molar-refractivity contribution in [3.8, 4) is 0 Å². The van der Waals surface area contributed by atoms with Crippen LogP contribution in [0.25, 0.3) is 5.65 Å². The fourth-order valence-corrected chi connectivity index (χ4v) is 4.02. The van der Waals surface area contributed by atoms with Gasteiger partial charge in [0.05, 0.1) is 12.3 Å². The van der Waals surface area contributed by atoms with Crippen LogP contribution >= 0.6 is 0 Å². The first-order valence-electron chi connectivity index (χ1n) is 9.35. The second-order valence-electron chi connectivity index (χ2n) is 7.49. The SMILES string of the molecule is Cc1cc(C)n2ncc(CN3CC[C@@H](O)[C@H](Cc4ccccc4)C3)c2n1. The summed E-state index contributed by atoms with van der Waals surface area (Å²) in [6.45, 7) is 6.73. The van der Waals surface area contributed by atoms with E-state index < -0.39 is 0 Å². The average Bonchev–Trinajstić information content (AvgIpc) is 3.02. The normalized spacial score (nSPS) is 21.3. The summed E-state index contributed by atoms with van der Waals surface area (Å²) in [5.74, 6) is 0.268. The predicted octanol–water partition coefficient (Wildman–Crippen LogP) is 2.77. The van der Waals surface area contributed by atoms with Crippen molar-refractivity contribution in [2.24, 2.45) is 5.92 Å². The van der Waals surface area contributed by atoms with Gasteiger partial charge in [0.1, 0.15) is 0 Å². The minimum Gasteiger partial charge on any atom is -0.393 e. The molecule has 0 saturated carbocycles. The Labute approximate surface area is 154 Å². The first-order valence-corrected chi connectivity index (χ1v) is 9.35. The zero-order valence-corrected chi connectivity index (χ0v) is 15.5. The van der Waals surface area contributed by atoms with Crippen LogP contribution in [0.1, 0.15) is 28.9 Å². The van der Waals surface area contributed by atoms with Crippen molar-refractivity contribution in [3.63, 3.8) is 0 Å². The highest BCUT2D eigenvalue weighted by Crippen LogP contribution is 2.24. The topological polar surface area (TPSA) is 53.7 Å². The summed E-state index contributed by atoms with van der Waals surface area (Å²) >= 11 is 0. The van der Waals surface area contributed by atoms with Gasteiger partial charge in [-0.2, -0.15) is 5.10 Å². The van der Waals surface area contributed by atoms with Gasteiger partial charge in [-0.25, -0.2) is 9.50 Å². The number of aromatic nitrogens is 3. The smallest absolute Gasteiger partial charge is 0.159 e. The van der Waals surface area contributed by atoms with Gasteiger partial charge in [-0.3, -0.25) is 4.90 Å². The Hall–Kier alpha value is -2.24. The van der Waals surface area contributed by atoms with E-state index in [1.807, 2.05) is 23.7 Å². The van der Waals surface area contributed by atoms with E-state index in [1.165, 1.54) is 5.56 Å². The van der Waals surface area contributed by atoms with E-state index in [-0.39, 0.29) is 12.0 Å². The zero-order chi connectivity index (χ0) is 18.1. The third-order valence-corrected chi connectivity index (χ3v) is 5.36. The van der Waals surface area contributed by atoms with E-state index in [9.17, 15) is 5.11 Å². The number of hydrogen-bond donors (Lipinski definition) is 1. The van der Waals surface area contributed by atoms with Gasteiger partial charge >= 0.3 is 0 Å². The van der Waals surface area contributed by atoms with Gasteiger partial charge in [-0.15, -0.1) is 0 Å². The number of nitrogens with zero attached hydrogens (tertiary/aromatic N) is 4. The van der Waals surface area contributed by atoms with Crippen molar-refractivity contribution >= 4 is 5.65 Å². The van der Waals surface area contributed by atoms with Gasteiger partial charge in [-0.05, 0) is 38.3 Å². The van der Waals surface area contributed by atoms with Crippen LogP contribution in [0.4, 0.5) is 0 Å². The zero-order valence-electron chi connectivity index (χ0n) is 15.5. The summed E-state index contributed by atoms with van der Waals surface area (Å²) in [7, 11) is 0. The molecule has 5 nitrogen and oxygen atoms in total. The fraction of sp³-hybridized carbons (Fsp3) is 0.429. The highest BCUT2D eigenvalue weighted by Gasteiger charge is 2.28. The number of rotatable bonds is 4. The van der Waals surface area contributed by atoms with E-state index in [1.54, 1.807) is 0 Å². The molecule has 0 unspecified atom stereocenters. The van der Waals surface area contributed by atoms with Crippen LogP contribution in [0.15, 0.2) is 42.6 Å². The van der Waals surface area contributed by atoms with Gasteiger partial charge in [0.15, 0.2) is 5.65 Å². The molecule has 0 radical (unpaired) electrons. The highest BCUT2D eigenvalue weighted by molar-refractivity contribution is 5.47. The number of benzene rings is 1. The molecular weight excluding hydrogens is 324 g/mol. The standard InChI is InChI=1S/C21H26N4O/c1-15-10-16(2)25-21(23-15)19(12-22-25)14-24-9-8-20(26)18(13-24)11-17-6-4-3-5-7-17/h3-7,10,12,18,20,26H,8-9,11,13-14H2,1-2H3/t18-,20-/m1/s1. The summed E-state index contributed by atoms with van der Waals surface area (Å²) in [4.78, 5) is 7.12. The van der Waals surface area contributed by atoms with E-state index in [4.69, 9.17) is 0 Å². The molecule has 1 N–H and O–H groups in total. The summed E-state index contributed by atoms with van der Waals surface area (Å²) in [6.07, 6.45) is 3.45. The number of likely N-dealkylation sites (tertiary alicyclic amines) is 1. The van der Waals surface area contributed by atoms with E-state index in [2.05, 4.69) is 52.2 Å². The highest BCUT2D eigenvalue weighted by atomic mass is 16.3. The van der Waals surface area contributed by atoms with Crippen LogP contribution in [0.2, 0.25) is 0 Å². The van der Waals surface area contributed by atoms with Crippen molar-refractivity contribution in [2.45, 2.75) is 39.3 Å². The van der Waals surface area contributed by atoms with Gasteiger partial charge in [0.25, 0.3) is 0 Å². The molecule has 0 amide bonds. The molecule has 4 rings (SSSR count). The van der Waals surface area contributed by atoms with Crippen molar-refractivity contribution in [3.05, 3.63) is 65.1 Å². The average molecular weight is 350 g/mol. The molecule has 1 saturated heterocycles. The molecule has 2 atom stereocenters. The summed E-state index contributed by atoms with van der Waals surface area (Å²) in [5.41, 5.74) is 5.53. The molecule has 3 aromatic rings. The fourth-order valence-electron chi connectivity index (χ4n) is 4.02. The maximum atomic E-state index is 10.5. The Morgan fingerprint density at radius 1 is 1.19 bits per heavy atom. The van der Waals surface area contributed by atoms with Crippen LogP contribution in [0.5, 0.6) is 0 Å². The van der Waals surface area contributed by atoms with E-state index in [0.29, 0.717) is 0 Å². The van der Waals surface area contributed by atoms with Crippen LogP contribution in [-0.4, -0.2) is 43.8 Å². The van der Waals surface area contributed by atoms with Crippen LogP contribution in [0, 0.1) is 19.8 Å². The van der Waals surface area contributed by atoms with Gasteiger partial charge in [-0.1, -0.05) is 30.3 Å². The first-order chi connectivity index (χ1) is 12.6. The minimum absolute atomic E-state index is 0.224. The molecule has 1 aliphatic rings. The second kappa shape index (κ2) is 7.17. The molecule has 1 aliphatic heterocycles. The van der Waals surface area contributed by atoms with Gasteiger partial charge in [0, 0.05) is 42.5 Å². The number of aryl methyl sites for hydroxylation is 2. The molecule has 0 bridgehead atoms. The van der Waals surface area contributed by atoms with E-state index >= 15 is 0 Å².